The second kappa shape index (κ2) is 5.04. The van der Waals surface area contributed by atoms with Crippen LogP contribution in [0.3, 0.4) is 0 Å². The van der Waals surface area contributed by atoms with Gasteiger partial charge >= 0.3 is 6.18 Å². The number of aromatic nitrogens is 2. The number of alkyl halides is 3. The molecule has 0 bridgehead atoms. The number of carbonyl (C=O) groups is 1. The lowest BCUT2D eigenvalue weighted by molar-refractivity contribution is -0.140. The van der Waals surface area contributed by atoms with E-state index in [0.717, 1.165) is 16.0 Å². The number of halogens is 3. The van der Waals surface area contributed by atoms with Crippen LogP contribution >= 0.6 is 24.0 Å². The number of hydrogen-bond acceptors (Lipinski definition) is 4. The fraction of sp³-hybridized carbons (Fsp3) is 0.400. The van der Waals surface area contributed by atoms with Gasteiger partial charge in [-0.15, -0.1) is 11.3 Å². The second-order valence-corrected chi connectivity index (χ2v) is 5.26. The molecule has 2 rings (SSSR count). The molecular formula is C10H10F3N3OS2. The van der Waals surface area contributed by atoms with Gasteiger partial charge in [0.15, 0.2) is 5.69 Å². The summed E-state index contributed by atoms with van der Waals surface area (Å²) < 4.78 is 39.4. The van der Waals surface area contributed by atoms with Crippen molar-refractivity contribution in [1.82, 2.24) is 15.1 Å². The average Bonchev–Trinajstić information content (AvgIpc) is 2.86. The molecule has 1 amide bonds. The Balaban J connectivity index is 2.43. The number of nitrogens with zero attached hydrogens (tertiary/aromatic N) is 2. The second-order valence-electron chi connectivity index (χ2n) is 3.78. The molecule has 2 aromatic heterocycles. The van der Waals surface area contributed by atoms with Gasteiger partial charge in [0.05, 0.1) is 4.88 Å². The third kappa shape index (κ3) is 2.71. The lowest BCUT2D eigenvalue weighted by Gasteiger charge is -2.01. The number of aryl methyl sites for hydroxylation is 1. The molecule has 2 aromatic rings. The van der Waals surface area contributed by atoms with Crippen molar-refractivity contribution in [3.8, 4) is 0 Å². The summed E-state index contributed by atoms with van der Waals surface area (Å²) in [5.41, 5.74) is -0.963. The Morgan fingerprint density at radius 2 is 2.26 bits per heavy atom. The van der Waals surface area contributed by atoms with Crippen molar-refractivity contribution < 1.29 is 18.0 Å². The topological polar surface area (TPSA) is 46.9 Å². The molecule has 0 aromatic carbocycles. The molecule has 104 valence electrons. The fourth-order valence-electron chi connectivity index (χ4n) is 1.62. The number of nitrogens with one attached hydrogen (secondary N) is 1. The summed E-state index contributed by atoms with van der Waals surface area (Å²) in [5, 5.41) is 5.96. The van der Waals surface area contributed by atoms with Crippen LogP contribution in [-0.4, -0.2) is 28.0 Å². The SMILES string of the molecule is Cn1nc(C(F)(F)F)c2cc(C(=O)NCCS)sc21. The first-order valence-corrected chi connectivity index (χ1v) is 6.72. The Bertz CT molecular complexity index is 617. The Hall–Kier alpha value is -1.22. The maximum atomic E-state index is 12.8. The zero-order valence-electron chi connectivity index (χ0n) is 9.78. The highest BCUT2D eigenvalue weighted by molar-refractivity contribution is 7.80. The van der Waals surface area contributed by atoms with Crippen molar-refractivity contribution >= 4 is 40.1 Å². The molecule has 2 heterocycles. The maximum absolute atomic E-state index is 12.8. The minimum atomic E-state index is -4.53. The summed E-state index contributed by atoms with van der Waals surface area (Å²) in [7, 11) is 1.42. The first-order valence-electron chi connectivity index (χ1n) is 5.27. The summed E-state index contributed by atoms with van der Waals surface area (Å²) in [6.07, 6.45) is -4.53. The maximum Gasteiger partial charge on any atom is 0.435 e. The highest BCUT2D eigenvalue weighted by Gasteiger charge is 2.37. The smallest absolute Gasteiger partial charge is 0.351 e. The lowest BCUT2D eigenvalue weighted by atomic mass is 10.3. The van der Waals surface area contributed by atoms with Gasteiger partial charge in [0.2, 0.25) is 0 Å². The zero-order chi connectivity index (χ0) is 14.2. The van der Waals surface area contributed by atoms with Gasteiger partial charge in [0, 0.05) is 24.7 Å². The molecule has 0 saturated carbocycles. The predicted octanol–water partition coefficient (Wildman–Crippen LogP) is 2.31. The monoisotopic (exact) mass is 309 g/mol. The number of hydrogen-bond donors (Lipinski definition) is 2. The van der Waals surface area contributed by atoms with Crippen LogP contribution in [0.4, 0.5) is 13.2 Å². The van der Waals surface area contributed by atoms with Crippen LogP contribution in [0.2, 0.25) is 0 Å². The van der Waals surface area contributed by atoms with Crippen molar-refractivity contribution in [2.24, 2.45) is 7.05 Å². The highest BCUT2D eigenvalue weighted by Crippen LogP contribution is 2.37. The Morgan fingerprint density at radius 3 is 2.84 bits per heavy atom. The quantitative estimate of drug-likeness (QED) is 0.855. The molecule has 0 radical (unpaired) electrons. The van der Waals surface area contributed by atoms with Gasteiger partial charge in [-0.3, -0.25) is 9.48 Å². The van der Waals surface area contributed by atoms with Crippen LogP contribution in [0, 0.1) is 0 Å². The summed E-state index contributed by atoms with van der Waals surface area (Å²) in [6.45, 7) is 0.362. The Labute approximate surface area is 116 Å². The summed E-state index contributed by atoms with van der Waals surface area (Å²) in [4.78, 5) is 12.3. The molecule has 19 heavy (non-hydrogen) atoms. The van der Waals surface area contributed by atoms with Crippen molar-refractivity contribution in [3.05, 3.63) is 16.6 Å². The van der Waals surface area contributed by atoms with Crippen LogP contribution in [0.5, 0.6) is 0 Å². The molecule has 1 N–H and O–H groups in total. The van der Waals surface area contributed by atoms with Crippen LogP contribution in [0.1, 0.15) is 15.4 Å². The van der Waals surface area contributed by atoms with E-state index >= 15 is 0 Å². The number of thiol groups is 1. The van der Waals surface area contributed by atoms with Crippen molar-refractivity contribution in [1.29, 1.82) is 0 Å². The molecule has 0 atom stereocenters. The molecule has 4 nitrogen and oxygen atoms in total. The molecule has 0 aliphatic heterocycles. The standard InChI is InChI=1S/C10H10F3N3OS2/c1-16-9-5(7(15-16)10(11,12)13)4-6(19-9)8(17)14-2-3-18/h4,18H,2-3H2,1H3,(H,14,17). The minimum absolute atomic E-state index is 0.0453. The van der Waals surface area contributed by atoms with Gasteiger partial charge in [0.25, 0.3) is 5.91 Å². The van der Waals surface area contributed by atoms with Gasteiger partial charge in [-0.25, -0.2) is 0 Å². The fourth-order valence-corrected chi connectivity index (χ4v) is 2.72. The van der Waals surface area contributed by atoms with Gasteiger partial charge < -0.3 is 5.32 Å². The minimum Gasteiger partial charge on any atom is -0.351 e. The summed E-state index contributed by atoms with van der Waals surface area (Å²) in [6, 6.07) is 1.23. The average molecular weight is 309 g/mol. The Kier molecular flexibility index (Phi) is 3.77. The van der Waals surface area contributed by atoms with E-state index in [0.29, 0.717) is 17.1 Å². The molecule has 0 saturated heterocycles. The van der Waals surface area contributed by atoms with Crippen molar-refractivity contribution in [2.75, 3.05) is 12.3 Å². The molecule has 0 aliphatic rings. The largest absolute Gasteiger partial charge is 0.435 e. The first kappa shape index (κ1) is 14.2. The van der Waals surface area contributed by atoms with E-state index in [1.165, 1.54) is 13.1 Å². The third-order valence-corrected chi connectivity index (χ3v) is 3.83. The predicted molar refractivity (Wildman–Crippen MR) is 69.8 cm³/mol. The molecule has 0 unspecified atom stereocenters. The van der Waals surface area contributed by atoms with E-state index in [1.54, 1.807) is 0 Å². The van der Waals surface area contributed by atoms with Gasteiger partial charge in [0.1, 0.15) is 4.83 Å². The number of carbonyl (C=O) groups excluding carboxylic acids is 1. The van der Waals surface area contributed by atoms with E-state index < -0.39 is 17.8 Å². The van der Waals surface area contributed by atoms with Crippen LogP contribution < -0.4 is 5.32 Å². The van der Waals surface area contributed by atoms with Crippen molar-refractivity contribution in [3.63, 3.8) is 0 Å². The third-order valence-electron chi connectivity index (χ3n) is 2.40. The lowest BCUT2D eigenvalue weighted by Crippen LogP contribution is -2.24. The van der Waals surface area contributed by atoms with Gasteiger partial charge in [-0.1, -0.05) is 0 Å². The summed E-state index contributed by atoms with van der Waals surface area (Å²) in [5.74, 6) is 0.0646. The van der Waals surface area contributed by atoms with E-state index in [4.69, 9.17) is 0 Å². The van der Waals surface area contributed by atoms with E-state index in [9.17, 15) is 18.0 Å². The molecular weight excluding hydrogens is 299 g/mol. The highest BCUT2D eigenvalue weighted by atomic mass is 32.1. The molecule has 0 fully saturated rings. The van der Waals surface area contributed by atoms with Crippen LogP contribution in [0.25, 0.3) is 10.2 Å². The van der Waals surface area contributed by atoms with E-state index in [1.807, 2.05) is 0 Å². The van der Waals surface area contributed by atoms with E-state index in [2.05, 4.69) is 23.0 Å². The van der Waals surface area contributed by atoms with Gasteiger partial charge in [-0.05, 0) is 6.07 Å². The first-order chi connectivity index (χ1) is 8.84. The molecule has 0 spiro atoms. The number of amides is 1. The van der Waals surface area contributed by atoms with E-state index in [-0.39, 0.29) is 10.3 Å². The summed E-state index contributed by atoms with van der Waals surface area (Å²) >= 11 is 4.92. The van der Waals surface area contributed by atoms with Crippen LogP contribution in [0.15, 0.2) is 6.07 Å². The van der Waals surface area contributed by atoms with Crippen LogP contribution in [-0.2, 0) is 13.2 Å². The Morgan fingerprint density at radius 1 is 1.58 bits per heavy atom. The number of thiophene rings is 1. The molecule has 9 heteroatoms. The normalized spacial score (nSPS) is 12.1. The molecule has 0 aliphatic carbocycles. The zero-order valence-corrected chi connectivity index (χ0v) is 11.5. The van der Waals surface area contributed by atoms with Gasteiger partial charge in [-0.2, -0.15) is 30.9 Å². The van der Waals surface area contributed by atoms with Crippen molar-refractivity contribution in [2.45, 2.75) is 6.18 Å². The number of rotatable bonds is 3. The number of fused-ring (bicyclic) bond motifs is 1.